The van der Waals surface area contributed by atoms with Crippen molar-refractivity contribution < 1.29 is 18.7 Å². The third-order valence-electron chi connectivity index (χ3n) is 13.2. The molecule has 6 atom stereocenters. The summed E-state index contributed by atoms with van der Waals surface area (Å²) in [7, 11) is 4.48. The highest BCUT2D eigenvalue weighted by molar-refractivity contribution is 6.04. The Hall–Kier alpha value is -4.80. The number of methoxy groups -OCH3 is 1. The number of aryl methyl sites for hydroxylation is 2. The van der Waals surface area contributed by atoms with Crippen LogP contribution in [0.4, 0.5) is 10.1 Å². The van der Waals surface area contributed by atoms with E-state index in [4.69, 9.17) is 9.72 Å². The number of amides is 2. The maximum absolute atomic E-state index is 15.8. The molecule has 56 heavy (non-hydrogen) atoms. The average Bonchev–Trinajstić information content (AvgIpc) is 3.60. The van der Waals surface area contributed by atoms with E-state index in [1.165, 1.54) is 48.1 Å². The lowest BCUT2D eigenvalue weighted by atomic mass is 9.75. The largest absolute Gasteiger partial charge is 0.481 e. The molecule has 300 valence electrons. The Kier molecular flexibility index (Phi) is 12.2. The van der Waals surface area contributed by atoms with E-state index in [9.17, 15) is 19.2 Å². The number of carbonyl (C=O) groups excluding carboxylic acids is 2. The summed E-state index contributed by atoms with van der Waals surface area (Å²) in [6.07, 6.45) is 17.2. The number of aromatic nitrogens is 3. The maximum Gasteiger partial charge on any atom is 0.330 e. The lowest BCUT2D eigenvalue weighted by Crippen LogP contribution is -2.54. The summed E-state index contributed by atoms with van der Waals surface area (Å²) < 4.78 is 23.9. The minimum absolute atomic E-state index is 0.101. The Morgan fingerprint density at radius 2 is 1.91 bits per heavy atom. The quantitative estimate of drug-likeness (QED) is 0.183. The number of nitrogens with zero attached hydrogens (tertiary/aromatic N) is 3. The molecular formula is C45H58FN5O5. The maximum atomic E-state index is 15.8. The zero-order chi connectivity index (χ0) is 40.5. The third-order valence-corrected chi connectivity index (χ3v) is 13.2. The van der Waals surface area contributed by atoms with Gasteiger partial charge < -0.3 is 19.9 Å². The Labute approximate surface area is 329 Å². The van der Waals surface area contributed by atoms with E-state index in [0.717, 1.165) is 80.0 Å². The molecule has 2 N–H and O–H groups in total. The number of piperidine rings is 1. The Morgan fingerprint density at radius 3 is 2.59 bits per heavy atom. The van der Waals surface area contributed by atoms with E-state index >= 15 is 4.39 Å². The molecule has 1 aliphatic heterocycles. The topological polar surface area (TPSA) is 124 Å². The van der Waals surface area contributed by atoms with Gasteiger partial charge in [-0.3, -0.25) is 19.0 Å². The van der Waals surface area contributed by atoms with Crippen LogP contribution in [0.1, 0.15) is 136 Å². The molecule has 2 aromatic heterocycles. The van der Waals surface area contributed by atoms with Crippen molar-refractivity contribution in [3.8, 4) is 5.88 Å². The molecule has 3 aliphatic rings. The summed E-state index contributed by atoms with van der Waals surface area (Å²) in [4.78, 5) is 56.2. The zero-order valence-electron chi connectivity index (χ0n) is 34.3. The molecule has 0 spiro atoms. The molecule has 6 rings (SSSR count). The van der Waals surface area contributed by atoms with E-state index in [-0.39, 0.29) is 34.8 Å². The smallest absolute Gasteiger partial charge is 0.330 e. The van der Waals surface area contributed by atoms with Gasteiger partial charge in [0.05, 0.1) is 12.8 Å². The number of hydrogen-bond donors (Lipinski definition) is 2. The molecule has 3 aromatic rings. The summed E-state index contributed by atoms with van der Waals surface area (Å²) in [5, 5.41) is 6.21. The molecule has 0 bridgehead atoms. The van der Waals surface area contributed by atoms with Crippen molar-refractivity contribution >= 4 is 23.1 Å². The number of halogens is 1. The van der Waals surface area contributed by atoms with Crippen molar-refractivity contribution in [1.82, 2.24) is 19.4 Å². The van der Waals surface area contributed by atoms with Crippen LogP contribution in [0.15, 0.2) is 52.2 Å². The molecule has 1 fully saturated rings. The highest BCUT2D eigenvalue weighted by atomic mass is 19.1. The third kappa shape index (κ3) is 7.78. The number of pyridine rings is 1. The van der Waals surface area contributed by atoms with Gasteiger partial charge in [0.15, 0.2) is 0 Å². The first-order valence-electron chi connectivity index (χ1n) is 20.4. The fourth-order valence-electron chi connectivity index (χ4n) is 9.46. The van der Waals surface area contributed by atoms with E-state index < -0.39 is 23.0 Å². The van der Waals surface area contributed by atoms with Gasteiger partial charge >= 0.3 is 5.69 Å². The first-order valence-corrected chi connectivity index (χ1v) is 20.4. The van der Waals surface area contributed by atoms with Gasteiger partial charge in [0.25, 0.3) is 11.5 Å². The van der Waals surface area contributed by atoms with Crippen LogP contribution in [-0.2, 0) is 25.3 Å². The second-order valence-corrected chi connectivity index (χ2v) is 16.4. The molecule has 10 nitrogen and oxygen atoms in total. The first-order chi connectivity index (χ1) is 26.8. The highest BCUT2D eigenvalue weighted by Crippen LogP contribution is 2.47. The number of rotatable bonds is 13. The molecule has 11 heteroatoms. The van der Waals surface area contributed by atoms with Crippen LogP contribution >= 0.6 is 0 Å². The number of carbonyl (C=O) groups is 2. The minimum atomic E-state index is -0.711. The standard InChI is InChI=1S/C45H58FN5O5/c1-9-28(19-21-45(11-3)22-20-29(10-2)40(52)49-45)23-30-15-16-31-24-37(48-42(56-8)39(30)31)32-13-12-14-33(26(32)4)38-27(5)36(18-17-35(38)46)47-41(53)34-25-50(6)44(55)51(7)43(34)54/h12-14,17-18,24-26,28-30,32H,9-11,15-16,19-23H2,1-8H3,(H,47,53)(H,49,52)/t26?,28?,29?,30?,32?,45-/m1/s1. The van der Waals surface area contributed by atoms with Crippen LogP contribution < -0.4 is 26.6 Å². The molecule has 1 saturated heterocycles. The second kappa shape index (κ2) is 16.7. The highest BCUT2D eigenvalue weighted by Gasteiger charge is 2.39. The molecular weight excluding hydrogens is 710 g/mol. The number of fused-ring (bicyclic) bond motifs is 1. The number of ether oxygens (including phenoxy) is 1. The lowest BCUT2D eigenvalue weighted by molar-refractivity contribution is -0.130. The number of benzene rings is 1. The van der Waals surface area contributed by atoms with Gasteiger partial charge in [0.2, 0.25) is 11.8 Å². The van der Waals surface area contributed by atoms with Crippen LogP contribution in [0, 0.1) is 30.5 Å². The summed E-state index contributed by atoms with van der Waals surface area (Å²) in [5.74, 6) is 0.492. The van der Waals surface area contributed by atoms with Crippen molar-refractivity contribution in [2.24, 2.45) is 31.8 Å². The molecule has 0 radical (unpaired) electrons. The van der Waals surface area contributed by atoms with Crippen LogP contribution in [0.3, 0.4) is 0 Å². The van der Waals surface area contributed by atoms with Gasteiger partial charge in [0, 0.05) is 54.5 Å². The Balaban J connectivity index is 1.20. The van der Waals surface area contributed by atoms with E-state index in [0.29, 0.717) is 34.5 Å². The van der Waals surface area contributed by atoms with Gasteiger partial charge in [-0.25, -0.2) is 14.2 Å². The molecule has 2 amide bonds. The van der Waals surface area contributed by atoms with Crippen molar-refractivity contribution in [2.75, 3.05) is 12.4 Å². The molecule has 5 unspecified atom stereocenters. The van der Waals surface area contributed by atoms with Crippen LogP contribution in [0.25, 0.3) is 5.57 Å². The predicted octanol–water partition coefficient (Wildman–Crippen LogP) is 7.87. The number of nitrogens with one attached hydrogen (secondary N) is 2. The average molecular weight is 768 g/mol. The summed E-state index contributed by atoms with van der Waals surface area (Å²) >= 11 is 0. The number of anilines is 1. The van der Waals surface area contributed by atoms with Crippen LogP contribution in [0.2, 0.25) is 0 Å². The van der Waals surface area contributed by atoms with Crippen LogP contribution in [-0.4, -0.2) is 38.6 Å². The first kappa shape index (κ1) is 40.9. The molecule has 0 saturated carbocycles. The normalized spacial score (nSPS) is 23.7. The van der Waals surface area contributed by atoms with E-state index in [1.54, 1.807) is 14.0 Å². The van der Waals surface area contributed by atoms with E-state index in [2.05, 4.69) is 50.5 Å². The van der Waals surface area contributed by atoms with Gasteiger partial charge in [-0.1, -0.05) is 52.3 Å². The summed E-state index contributed by atoms with van der Waals surface area (Å²) in [6, 6.07) is 5.03. The Bertz CT molecular complexity index is 2190. The fourth-order valence-corrected chi connectivity index (χ4v) is 9.46. The Morgan fingerprint density at radius 1 is 1.14 bits per heavy atom. The predicted molar refractivity (Wildman–Crippen MR) is 219 cm³/mol. The molecule has 1 aromatic carbocycles. The lowest BCUT2D eigenvalue weighted by Gasteiger charge is -2.41. The number of allylic oxidation sites excluding steroid dienone is 4. The van der Waals surface area contributed by atoms with Crippen molar-refractivity contribution in [1.29, 1.82) is 0 Å². The van der Waals surface area contributed by atoms with Crippen molar-refractivity contribution in [2.45, 2.75) is 116 Å². The van der Waals surface area contributed by atoms with Gasteiger partial charge in [-0.15, -0.1) is 0 Å². The fraction of sp³-hybridized carbons (Fsp3) is 0.533. The van der Waals surface area contributed by atoms with Gasteiger partial charge in [-0.05, 0) is 117 Å². The van der Waals surface area contributed by atoms with Crippen LogP contribution in [0.5, 0.6) is 5.88 Å². The van der Waals surface area contributed by atoms with Gasteiger partial charge in [-0.2, -0.15) is 0 Å². The molecule has 2 aliphatic carbocycles. The second-order valence-electron chi connectivity index (χ2n) is 16.4. The zero-order valence-corrected chi connectivity index (χ0v) is 34.3. The monoisotopic (exact) mass is 767 g/mol. The van der Waals surface area contributed by atoms with Crippen molar-refractivity contribution in [3.63, 3.8) is 0 Å². The van der Waals surface area contributed by atoms with E-state index in [1.807, 2.05) is 12.2 Å². The summed E-state index contributed by atoms with van der Waals surface area (Å²) in [6.45, 7) is 10.4. The summed E-state index contributed by atoms with van der Waals surface area (Å²) in [5.41, 5.74) is 3.86. The molecule has 3 heterocycles. The van der Waals surface area contributed by atoms with Crippen molar-refractivity contribution in [3.05, 3.63) is 103 Å². The SMILES string of the molecule is CCC(CC[C@]1(CC)CCC(CC)C(=O)N1)CC1CCc2cc(C3C=CC=C(c4c(F)ccc(NC(=O)c5cn(C)c(=O)n(C)c5=O)c4C)C3C)nc(OC)c21. The number of hydrogen-bond acceptors (Lipinski definition) is 6. The van der Waals surface area contributed by atoms with Gasteiger partial charge in [0.1, 0.15) is 11.4 Å². The minimum Gasteiger partial charge on any atom is -0.481 e.